The fraction of sp³-hybridized carbons (Fsp3) is 0. The maximum absolute atomic E-state index is 6.15. The first kappa shape index (κ1) is 32.2. The third kappa shape index (κ3) is 5.65. The number of hydrogen-bond acceptors (Lipinski definition) is 5. The van der Waals surface area contributed by atoms with Crippen LogP contribution in [0.5, 0.6) is 0 Å². The molecule has 0 atom stereocenters. The predicted octanol–water partition coefficient (Wildman–Crippen LogP) is 14.1. The van der Waals surface area contributed by atoms with E-state index >= 15 is 0 Å². The number of fused-ring (bicyclic) bond motifs is 6. The second kappa shape index (κ2) is 13.3. The van der Waals surface area contributed by atoms with Crippen LogP contribution in [0.2, 0.25) is 0 Å². The molecule has 0 N–H and O–H groups in total. The van der Waals surface area contributed by atoms with Crippen molar-refractivity contribution in [3.8, 4) is 67.5 Å². The van der Waals surface area contributed by atoms with Gasteiger partial charge in [0.25, 0.3) is 0 Å². The lowest BCUT2D eigenvalue weighted by Crippen LogP contribution is -2.00. The molecule has 0 spiro atoms. The lowest BCUT2D eigenvalue weighted by Gasteiger charge is -2.10. The highest BCUT2D eigenvalue weighted by Gasteiger charge is 2.18. The Morgan fingerprint density at radius 3 is 1.66 bits per heavy atom. The van der Waals surface area contributed by atoms with Crippen molar-refractivity contribution >= 4 is 53.4 Å². The van der Waals surface area contributed by atoms with Crippen LogP contribution in [0.4, 0.5) is 0 Å². The zero-order valence-electron chi connectivity index (χ0n) is 30.1. The number of furan rings is 1. The summed E-state index contributed by atoms with van der Waals surface area (Å²) in [7, 11) is 0. The molecule has 11 aromatic rings. The molecule has 0 amide bonds. The first-order chi connectivity index (χ1) is 27.7. The molecule has 0 aliphatic heterocycles. The summed E-state index contributed by atoms with van der Waals surface area (Å²) in [6.45, 7) is 0. The van der Waals surface area contributed by atoms with Gasteiger partial charge in [0.05, 0.1) is 0 Å². The summed E-state index contributed by atoms with van der Waals surface area (Å²) in [5.74, 6) is 1.89. The number of aromatic nitrogens is 3. The van der Waals surface area contributed by atoms with Crippen LogP contribution in [0.25, 0.3) is 110 Å². The van der Waals surface area contributed by atoms with E-state index in [1.165, 1.54) is 42.6 Å². The Morgan fingerprint density at radius 2 is 0.857 bits per heavy atom. The van der Waals surface area contributed by atoms with Gasteiger partial charge in [0, 0.05) is 47.6 Å². The van der Waals surface area contributed by atoms with Crippen LogP contribution < -0.4 is 0 Å². The second-order valence-electron chi connectivity index (χ2n) is 14.0. The SMILES string of the molecule is c1ccc(-c2ccc(-c3cccc(-c4ccc5sc6cccc(-c7nc(-c8ccccc8)nc(-c8ccc9oc%10ccccc%10c9c8)n7)c6c5c4)c3)cc2)cc1. The lowest BCUT2D eigenvalue weighted by atomic mass is 9.96. The van der Waals surface area contributed by atoms with Crippen molar-refractivity contribution in [3.05, 3.63) is 188 Å². The van der Waals surface area contributed by atoms with E-state index in [0.29, 0.717) is 17.5 Å². The molecular weight excluding hydrogens is 703 g/mol. The summed E-state index contributed by atoms with van der Waals surface area (Å²) in [4.78, 5) is 15.4. The van der Waals surface area contributed by atoms with Crippen LogP contribution in [-0.2, 0) is 0 Å². The van der Waals surface area contributed by atoms with Crippen molar-refractivity contribution < 1.29 is 4.42 Å². The van der Waals surface area contributed by atoms with Gasteiger partial charge in [-0.15, -0.1) is 11.3 Å². The molecule has 0 aliphatic carbocycles. The molecule has 11 rings (SSSR count). The molecule has 0 saturated carbocycles. The Bertz CT molecular complexity index is 3240. The molecule has 3 aromatic heterocycles. The number of hydrogen-bond donors (Lipinski definition) is 0. The summed E-state index contributed by atoms with van der Waals surface area (Å²) >= 11 is 1.80. The van der Waals surface area contributed by atoms with Crippen LogP contribution in [0.3, 0.4) is 0 Å². The molecule has 0 radical (unpaired) electrons. The van der Waals surface area contributed by atoms with Gasteiger partial charge in [0.1, 0.15) is 11.2 Å². The van der Waals surface area contributed by atoms with Crippen molar-refractivity contribution in [2.75, 3.05) is 0 Å². The average molecular weight is 734 g/mol. The quantitative estimate of drug-likeness (QED) is 0.171. The van der Waals surface area contributed by atoms with Crippen LogP contribution in [0.1, 0.15) is 0 Å². The van der Waals surface area contributed by atoms with Gasteiger partial charge in [-0.25, -0.2) is 15.0 Å². The first-order valence-corrected chi connectivity index (χ1v) is 19.5. The van der Waals surface area contributed by atoms with Gasteiger partial charge in [0.15, 0.2) is 17.5 Å². The van der Waals surface area contributed by atoms with Gasteiger partial charge in [-0.1, -0.05) is 140 Å². The van der Waals surface area contributed by atoms with E-state index in [1.54, 1.807) is 11.3 Å². The molecule has 3 heterocycles. The standard InChI is InChI=1S/C51H31N3OS/c1-3-11-32(12-4-1)33-21-23-34(24-22-33)36-15-9-16-37(29-36)38-26-28-46-43(30-38)48-41(18-10-20-47(48)56-46)51-53-49(35-13-5-2-6-14-35)52-50(54-51)39-25-27-45-42(31-39)40-17-7-8-19-44(40)55-45/h1-31H. The summed E-state index contributed by atoms with van der Waals surface area (Å²) < 4.78 is 8.56. The summed E-state index contributed by atoms with van der Waals surface area (Å²) in [6, 6.07) is 65.9. The highest BCUT2D eigenvalue weighted by Crippen LogP contribution is 2.42. The lowest BCUT2D eigenvalue weighted by molar-refractivity contribution is 0.669. The average Bonchev–Trinajstić information content (AvgIpc) is 3.85. The van der Waals surface area contributed by atoms with Crippen LogP contribution in [0, 0.1) is 0 Å². The number of thiophene rings is 1. The van der Waals surface area contributed by atoms with Crippen molar-refractivity contribution in [2.45, 2.75) is 0 Å². The van der Waals surface area contributed by atoms with E-state index in [1.807, 2.05) is 60.7 Å². The van der Waals surface area contributed by atoms with Crippen LogP contribution in [-0.4, -0.2) is 15.0 Å². The summed E-state index contributed by atoms with van der Waals surface area (Å²) in [5.41, 5.74) is 11.7. The van der Waals surface area contributed by atoms with Gasteiger partial charge < -0.3 is 4.42 Å². The highest BCUT2D eigenvalue weighted by atomic mass is 32.1. The third-order valence-corrected chi connectivity index (χ3v) is 11.7. The number of nitrogens with zero attached hydrogens (tertiary/aromatic N) is 3. The molecule has 0 bridgehead atoms. The Morgan fingerprint density at radius 1 is 0.321 bits per heavy atom. The molecular formula is C51H31N3OS. The van der Waals surface area contributed by atoms with E-state index in [0.717, 1.165) is 49.6 Å². The van der Waals surface area contributed by atoms with Gasteiger partial charge in [-0.2, -0.15) is 0 Å². The predicted molar refractivity (Wildman–Crippen MR) is 233 cm³/mol. The van der Waals surface area contributed by atoms with Gasteiger partial charge in [0.2, 0.25) is 0 Å². The van der Waals surface area contributed by atoms with Crippen molar-refractivity contribution in [3.63, 3.8) is 0 Å². The Kier molecular flexibility index (Phi) is 7.64. The zero-order valence-corrected chi connectivity index (χ0v) is 30.9. The monoisotopic (exact) mass is 733 g/mol. The zero-order chi connectivity index (χ0) is 37.0. The van der Waals surface area contributed by atoms with E-state index < -0.39 is 0 Å². The Labute approximate surface area is 327 Å². The molecule has 0 aliphatic rings. The van der Waals surface area contributed by atoms with E-state index in [4.69, 9.17) is 19.4 Å². The van der Waals surface area contributed by atoms with Gasteiger partial charge in [-0.3, -0.25) is 0 Å². The van der Waals surface area contributed by atoms with E-state index in [2.05, 4.69) is 127 Å². The normalized spacial score (nSPS) is 11.6. The minimum absolute atomic E-state index is 0.617. The molecule has 56 heavy (non-hydrogen) atoms. The van der Waals surface area contributed by atoms with Crippen molar-refractivity contribution in [2.24, 2.45) is 0 Å². The summed E-state index contributed by atoms with van der Waals surface area (Å²) in [6.07, 6.45) is 0. The fourth-order valence-corrected chi connectivity index (χ4v) is 8.88. The number of benzene rings is 8. The maximum atomic E-state index is 6.15. The largest absolute Gasteiger partial charge is 0.456 e. The minimum Gasteiger partial charge on any atom is -0.456 e. The molecule has 0 fully saturated rings. The molecule has 262 valence electrons. The smallest absolute Gasteiger partial charge is 0.164 e. The molecule has 0 saturated heterocycles. The Hall–Kier alpha value is -7.21. The topological polar surface area (TPSA) is 51.8 Å². The van der Waals surface area contributed by atoms with Crippen LogP contribution in [0.15, 0.2) is 192 Å². The summed E-state index contributed by atoms with van der Waals surface area (Å²) in [5, 5.41) is 4.44. The van der Waals surface area contributed by atoms with Gasteiger partial charge in [-0.05, 0) is 81.9 Å². The van der Waals surface area contributed by atoms with Crippen LogP contribution >= 0.6 is 11.3 Å². The first-order valence-electron chi connectivity index (χ1n) is 18.7. The van der Waals surface area contributed by atoms with Crippen molar-refractivity contribution in [1.29, 1.82) is 0 Å². The molecule has 4 nitrogen and oxygen atoms in total. The third-order valence-electron chi connectivity index (χ3n) is 10.6. The number of para-hydroxylation sites is 1. The maximum Gasteiger partial charge on any atom is 0.164 e. The van der Waals surface area contributed by atoms with Crippen molar-refractivity contribution in [1.82, 2.24) is 15.0 Å². The number of rotatable bonds is 6. The fourth-order valence-electron chi connectivity index (χ4n) is 7.76. The van der Waals surface area contributed by atoms with E-state index in [-0.39, 0.29) is 0 Å². The molecule has 5 heteroatoms. The second-order valence-corrected chi connectivity index (χ2v) is 15.1. The van der Waals surface area contributed by atoms with Gasteiger partial charge >= 0.3 is 0 Å². The Balaban J connectivity index is 1.03. The minimum atomic E-state index is 0.617. The highest BCUT2D eigenvalue weighted by molar-refractivity contribution is 7.26. The van der Waals surface area contributed by atoms with E-state index in [9.17, 15) is 0 Å². The molecule has 0 unspecified atom stereocenters. The molecule has 8 aromatic carbocycles.